The van der Waals surface area contributed by atoms with Crippen molar-refractivity contribution in [1.29, 1.82) is 0 Å². The maximum atomic E-state index is 14.1. The van der Waals surface area contributed by atoms with Gasteiger partial charge in [-0.05, 0) is 67.2 Å². The summed E-state index contributed by atoms with van der Waals surface area (Å²) in [6.45, 7) is 0.622. The van der Waals surface area contributed by atoms with Gasteiger partial charge in [-0.25, -0.2) is 9.37 Å². The predicted molar refractivity (Wildman–Crippen MR) is 103 cm³/mol. The third kappa shape index (κ3) is 5.44. The van der Waals surface area contributed by atoms with Crippen LogP contribution in [0.4, 0.5) is 4.39 Å². The van der Waals surface area contributed by atoms with E-state index < -0.39 is 5.97 Å². The van der Waals surface area contributed by atoms with Crippen molar-refractivity contribution in [1.82, 2.24) is 4.98 Å². The standard InChI is InChI=1S/C22H26FNO4/c1-27-21-12-19(20(23)13-24-21)17-8-5-16(6-9-17)14-28-18-4-2-3-15(11-18)7-10-22(25)26/h2-4,11-13,16-17H,5-10,14H2,1H3,(H,25,26). The summed E-state index contributed by atoms with van der Waals surface area (Å²) in [5.41, 5.74) is 1.66. The first-order chi connectivity index (χ1) is 13.5. The molecule has 0 atom stereocenters. The average Bonchev–Trinajstić information content (AvgIpc) is 2.72. The molecule has 150 valence electrons. The Morgan fingerprint density at radius 1 is 1.25 bits per heavy atom. The lowest BCUT2D eigenvalue weighted by Gasteiger charge is -2.29. The van der Waals surface area contributed by atoms with Gasteiger partial charge >= 0.3 is 5.97 Å². The maximum absolute atomic E-state index is 14.1. The van der Waals surface area contributed by atoms with Crippen molar-refractivity contribution in [2.24, 2.45) is 5.92 Å². The van der Waals surface area contributed by atoms with Gasteiger partial charge in [-0.3, -0.25) is 4.79 Å². The van der Waals surface area contributed by atoms with E-state index in [1.54, 1.807) is 6.07 Å². The third-order valence-electron chi connectivity index (χ3n) is 5.37. The second-order valence-corrected chi connectivity index (χ2v) is 7.32. The molecule has 1 aromatic heterocycles. The number of carboxylic acids is 1. The zero-order valence-electron chi connectivity index (χ0n) is 16.1. The molecule has 6 heteroatoms. The molecule has 1 heterocycles. The molecule has 3 rings (SSSR count). The summed E-state index contributed by atoms with van der Waals surface area (Å²) in [5.74, 6) is 0.780. The quantitative estimate of drug-likeness (QED) is 0.717. The number of hydrogen-bond acceptors (Lipinski definition) is 4. The Bertz CT molecular complexity index is 803. The fourth-order valence-corrected chi connectivity index (χ4v) is 3.75. The summed E-state index contributed by atoms with van der Waals surface area (Å²) in [6.07, 6.45) is 5.64. The molecule has 0 spiro atoms. The van der Waals surface area contributed by atoms with Crippen LogP contribution in [0.25, 0.3) is 0 Å². The number of benzene rings is 1. The maximum Gasteiger partial charge on any atom is 0.303 e. The van der Waals surface area contributed by atoms with Gasteiger partial charge in [0.1, 0.15) is 11.6 Å². The zero-order chi connectivity index (χ0) is 19.9. The molecule has 1 aromatic carbocycles. The van der Waals surface area contributed by atoms with E-state index in [-0.39, 0.29) is 18.2 Å². The Labute approximate surface area is 164 Å². The van der Waals surface area contributed by atoms with Gasteiger partial charge in [0.05, 0.1) is 19.9 Å². The minimum absolute atomic E-state index is 0.115. The molecule has 28 heavy (non-hydrogen) atoms. The minimum Gasteiger partial charge on any atom is -0.493 e. The molecule has 0 bridgehead atoms. The molecule has 0 aliphatic heterocycles. The Kier molecular flexibility index (Phi) is 6.85. The Hall–Kier alpha value is -2.63. The second kappa shape index (κ2) is 9.53. The summed E-state index contributed by atoms with van der Waals surface area (Å²) in [6, 6.07) is 9.32. The van der Waals surface area contributed by atoms with Crippen LogP contribution in [0.1, 0.15) is 49.1 Å². The van der Waals surface area contributed by atoms with Crippen molar-refractivity contribution in [3.63, 3.8) is 0 Å². The summed E-state index contributed by atoms with van der Waals surface area (Å²) in [7, 11) is 1.54. The largest absolute Gasteiger partial charge is 0.493 e. The number of halogens is 1. The molecule has 1 N–H and O–H groups in total. The van der Waals surface area contributed by atoms with Crippen molar-refractivity contribution >= 4 is 5.97 Å². The average molecular weight is 387 g/mol. The molecule has 0 unspecified atom stereocenters. The molecule has 1 aliphatic carbocycles. The molecular weight excluding hydrogens is 361 g/mol. The molecule has 0 radical (unpaired) electrons. The fourth-order valence-electron chi connectivity index (χ4n) is 3.75. The number of aromatic nitrogens is 1. The van der Waals surface area contributed by atoms with E-state index in [0.717, 1.165) is 37.0 Å². The molecule has 0 saturated heterocycles. The van der Waals surface area contributed by atoms with Crippen LogP contribution in [0, 0.1) is 11.7 Å². The number of pyridine rings is 1. The monoisotopic (exact) mass is 387 g/mol. The zero-order valence-corrected chi connectivity index (χ0v) is 16.1. The normalized spacial score (nSPS) is 19.2. The van der Waals surface area contributed by atoms with Crippen molar-refractivity contribution in [3.8, 4) is 11.6 Å². The van der Waals surface area contributed by atoms with Crippen LogP contribution in [-0.4, -0.2) is 29.8 Å². The van der Waals surface area contributed by atoms with E-state index >= 15 is 0 Å². The molecule has 5 nitrogen and oxygen atoms in total. The van der Waals surface area contributed by atoms with Crippen LogP contribution in [0.2, 0.25) is 0 Å². The second-order valence-electron chi connectivity index (χ2n) is 7.32. The number of methoxy groups -OCH3 is 1. The fraction of sp³-hybridized carbons (Fsp3) is 0.455. The summed E-state index contributed by atoms with van der Waals surface area (Å²) < 4.78 is 25.2. The van der Waals surface area contributed by atoms with E-state index in [9.17, 15) is 9.18 Å². The Morgan fingerprint density at radius 3 is 2.75 bits per heavy atom. The SMILES string of the molecule is COc1cc(C2CCC(COc3cccc(CCC(=O)O)c3)CC2)c(F)cn1. The number of carboxylic acid groups (broad SMARTS) is 1. The van der Waals surface area contributed by atoms with Gasteiger partial charge in [-0.2, -0.15) is 0 Å². The van der Waals surface area contributed by atoms with Crippen molar-refractivity contribution < 1.29 is 23.8 Å². The number of ether oxygens (including phenoxy) is 2. The first-order valence-electron chi connectivity index (χ1n) is 9.68. The van der Waals surface area contributed by atoms with Gasteiger partial charge in [0.25, 0.3) is 0 Å². The Morgan fingerprint density at radius 2 is 2.04 bits per heavy atom. The first kappa shape index (κ1) is 20.1. The van der Waals surface area contributed by atoms with Gasteiger partial charge in [-0.15, -0.1) is 0 Å². The lowest BCUT2D eigenvalue weighted by atomic mass is 9.79. The molecule has 2 aromatic rings. The van der Waals surface area contributed by atoms with E-state index in [1.807, 2.05) is 24.3 Å². The number of carbonyl (C=O) groups is 1. The lowest BCUT2D eigenvalue weighted by Crippen LogP contribution is -2.20. The van der Waals surface area contributed by atoms with Crippen molar-refractivity contribution in [3.05, 3.63) is 53.5 Å². The molecular formula is C22H26FNO4. The number of hydrogen-bond donors (Lipinski definition) is 1. The van der Waals surface area contributed by atoms with E-state index in [1.165, 1.54) is 13.3 Å². The Balaban J connectivity index is 1.50. The van der Waals surface area contributed by atoms with Crippen LogP contribution in [-0.2, 0) is 11.2 Å². The van der Waals surface area contributed by atoms with Crippen LogP contribution in [0.3, 0.4) is 0 Å². The van der Waals surface area contributed by atoms with Crippen molar-refractivity contribution in [2.45, 2.75) is 44.4 Å². The molecule has 1 aliphatic rings. The van der Waals surface area contributed by atoms with Gasteiger partial charge in [-0.1, -0.05) is 12.1 Å². The summed E-state index contributed by atoms with van der Waals surface area (Å²) in [5, 5.41) is 8.80. The smallest absolute Gasteiger partial charge is 0.303 e. The van der Waals surface area contributed by atoms with Gasteiger partial charge in [0.15, 0.2) is 0 Å². The van der Waals surface area contributed by atoms with Gasteiger partial charge in [0, 0.05) is 12.5 Å². The highest BCUT2D eigenvalue weighted by Gasteiger charge is 2.25. The van der Waals surface area contributed by atoms with Crippen LogP contribution >= 0.6 is 0 Å². The first-order valence-corrected chi connectivity index (χ1v) is 9.68. The summed E-state index contributed by atoms with van der Waals surface area (Å²) in [4.78, 5) is 14.6. The van der Waals surface area contributed by atoms with E-state index in [0.29, 0.717) is 30.4 Å². The third-order valence-corrected chi connectivity index (χ3v) is 5.37. The van der Waals surface area contributed by atoms with E-state index in [2.05, 4.69) is 4.98 Å². The molecule has 0 amide bonds. The van der Waals surface area contributed by atoms with Crippen LogP contribution < -0.4 is 9.47 Å². The molecule has 1 saturated carbocycles. The van der Waals surface area contributed by atoms with Crippen molar-refractivity contribution in [2.75, 3.05) is 13.7 Å². The molecule has 1 fully saturated rings. The number of rotatable bonds is 8. The van der Waals surface area contributed by atoms with E-state index in [4.69, 9.17) is 14.6 Å². The minimum atomic E-state index is -0.800. The number of nitrogens with zero attached hydrogens (tertiary/aromatic N) is 1. The highest BCUT2D eigenvalue weighted by Crippen LogP contribution is 2.37. The topological polar surface area (TPSA) is 68.7 Å². The summed E-state index contributed by atoms with van der Waals surface area (Å²) >= 11 is 0. The van der Waals surface area contributed by atoms with Crippen LogP contribution in [0.15, 0.2) is 36.5 Å². The highest BCUT2D eigenvalue weighted by molar-refractivity contribution is 5.67. The number of aliphatic carboxylic acids is 1. The van der Waals surface area contributed by atoms with Gasteiger partial charge < -0.3 is 14.6 Å². The van der Waals surface area contributed by atoms with Gasteiger partial charge in [0.2, 0.25) is 5.88 Å². The predicted octanol–water partition coefficient (Wildman–Crippen LogP) is 4.60. The lowest BCUT2D eigenvalue weighted by molar-refractivity contribution is -0.136. The number of aryl methyl sites for hydroxylation is 1. The van der Waals surface area contributed by atoms with Crippen LogP contribution in [0.5, 0.6) is 11.6 Å². The highest BCUT2D eigenvalue weighted by atomic mass is 19.1.